The van der Waals surface area contributed by atoms with Crippen LogP contribution in [-0.2, 0) is 19.1 Å². The number of carbonyl (C=O) groups excluding carboxylic acids is 3. The van der Waals surface area contributed by atoms with Gasteiger partial charge in [-0.2, -0.15) is 0 Å². The van der Waals surface area contributed by atoms with Gasteiger partial charge >= 0.3 is 12.1 Å². The number of aliphatic hydroxyl groups excluding tert-OH is 1. The third-order valence-corrected chi connectivity index (χ3v) is 2.87. The SMILES string of the molecule is CCOC(=O)C(O)CC(=O)N1C(=O)OC[C@H]1C(C)C. The molecule has 2 atom stereocenters. The van der Waals surface area contributed by atoms with Crippen molar-refractivity contribution in [2.75, 3.05) is 13.2 Å². The van der Waals surface area contributed by atoms with Crippen LogP contribution in [0.1, 0.15) is 27.2 Å². The summed E-state index contributed by atoms with van der Waals surface area (Å²) in [4.78, 5) is 35.6. The highest BCUT2D eigenvalue weighted by Crippen LogP contribution is 2.20. The van der Waals surface area contributed by atoms with Gasteiger partial charge in [-0.15, -0.1) is 0 Å². The molecular weight excluding hydrogens is 254 g/mol. The minimum absolute atomic E-state index is 0.0372. The van der Waals surface area contributed by atoms with Gasteiger partial charge in [-0.25, -0.2) is 14.5 Å². The lowest BCUT2D eigenvalue weighted by atomic mass is 10.0. The van der Waals surface area contributed by atoms with E-state index in [1.54, 1.807) is 6.92 Å². The highest BCUT2D eigenvalue weighted by atomic mass is 16.6. The van der Waals surface area contributed by atoms with E-state index in [0.29, 0.717) is 0 Å². The minimum Gasteiger partial charge on any atom is -0.464 e. The Hall–Kier alpha value is -1.63. The van der Waals surface area contributed by atoms with Gasteiger partial charge in [-0.3, -0.25) is 4.79 Å². The highest BCUT2D eigenvalue weighted by molar-refractivity contribution is 5.95. The smallest absolute Gasteiger partial charge is 0.416 e. The molecule has 1 saturated heterocycles. The lowest BCUT2D eigenvalue weighted by Gasteiger charge is -2.23. The van der Waals surface area contributed by atoms with E-state index in [-0.39, 0.29) is 25.2 Å². The number of rotatable bonds is 5. The number of carbonyl (C=O) groups is 3. The van der Waals surface area contributed by atoms with Crippen LogP contribution in [0, 0.1) is 5.92 Å². The van der Waals surface area contributed by atoms with Crippen LogP contribution in [0.2, 0.25) is 0 Å². The van der Waals surface area contributed by atoms with E-state index in [2.05, 4.69) is 4.74 Å². The number of ether oxygens (including phenoxy) is 2. The molecule has 1 unspecified atom stereocenters. The lowest BCUT2D eigenvalue weighted by Crippen LogP contribution is -2.44. The predicted octanol–water partition coefficient (Wildman–Crippen LogP) is 0.304. The van der Waals surface area contributed by atoms with Crippen molar-refractivity contribution >= 4 is 18.0 Å². The number of aliphatic hydroxyl groups is 1. The lowest BCUT2D eigenvalue weighted by molar-refractivity contribution is -0.156. The van der Waals surface area contributed by atoms with E-state index in [4.69, 9.17) is 4.74 Å². The molecule has 0 aromatic carbocycles. The Morgan fingerprint density at radius 2 is 2.16 bits per heavy atom. The van der Waals surface area contributed by atoms with Crippen LogP contribution < -0.4 is 0 Å². The zero-order valence-electron chi connectivity index (χ0n) is 11.3. The average molecular weight is 273 g/mol. The second-order valence-electron chi connectivity index (χ2n) is 4.62. The molecule has 1 aliphatic rings. The number of amides is 2. The number of esters is 1. The number of hydrogen-bond acceptors (Lipinski definition) is 6. The van der Waals surface area contributed by atoms with Crippen LogP contribution in [0.5, 0.6) is 0 Å². The molecule has 7 heteroatoms. The van der Waals surface area contributed by atoms with Gasteiger partial charge in [0.1, 0.15) is 6.61 Å². The first-order chi connectivity index (χ1) is 8.88. The molecule has 19 heavy (non-hydrogen) atoms. The summed E-state index contributed by atoms with van der Waals surface area (Å²) in [5.74, 6) is -1.47. The molecule has 1 fully saturated rings. The summed E-state index contributed by atoms with van der Waals surface area (Å²) in [6, 6.07) is -0.366. The molecule has 0 radical (unpaired) electrons. The normalized spacial score (nSPS) is 20.4. The maximum Gasteiger partial charge on any atom is 0.416 e. The Morgan fingerprint density at radius 1 is 1.53 bits per heavy atom. The first-order valence-corrected chi connectivity index (χ1v) is 6.22. The summed E-state index contributed by atoms with van der Waals surface area (Å²) in [6.45, 7) is 5.56. The van der Waals surface area contributed by atoms with E-state index >= 15 is 0 Å². The molecule has 7 nitrogen and oxygen atoms in total. The predicted molar refractivity (Wildman–Crippen MR) is 64.1 cm³/mol. The number of hydrogen-bond donors (Lipinski definition) is 1. The monoisotopic (exact) mass is 273 g/mol. The van der Waals surface area contributed by atoms with Crippen LogP contribution >= 0.6 is 0 Å². The standard InChI is InChI=1S/C12H19NO6/c1-4-18-11(16)9(14)5-10(15)13-8(7(2)3)6-19-12(13)17/h7-9,14H,4-6H2,1-3H3/t8-,9?/m0/s1. The van der Waals surface area contributed by atoms with Crippen molar-refractivity contribution < 1.29 is 29.0 Å². The molecule has 0 saturated carbocycles. The molecule has 0 aromatic rings. The molecular formula is C12H19NO6. The third kappa shape index (κ3) is 3.66. The third-order valence-electron chi connectivity index (χ3n) is 2.87. The fourth-order valence-corrected chi connectivity index (χ4v) is 1.80. The molecule has 0 spiro atoms. The second kappa shape index (κ2) is 6.51. The Morgan fingerprint density at radius 3 is 2.68 bits per heavy atom. The van der Waals surface area contributed by atoms with Gasteiger partial charge in [-0.05, 0) is 12.8 Å². The molecule has 2 amide bonds. The number of imide groups is 1. The summed E-state index contributed by atoms with van der Waals surface area (Å²) in [5, 5.41) is 9.52. The largest absolute Gasteiger partial charge is 0.464 e. The van der Waals surface area contributed by atoms with Gasteiger partial charge in [0.05, 0.1) is 19.1 Å². The van der Waals surface area contributed by atoms with E-state index < -0.39 is 30.5 Å². The zero-order chi connectivity index (χ0) is 14.6. The summed E-state index contributed by atoms with van der Waals surface area (Å²) < 4.78 is 9.41. The maximum atomic E-state index is 11.9. The molecule has 1 rings (SSSR count). The Bertz CT molecular complexity index is 367. The fraction of sp³-hybridized carbons (Fsp3) is 0.750. The maximum absolute atomic E-state index is 11.9. The molecule has 1 N–H and O–H groups in total. The van der Waals surface area contributed by atoms with Crippen LogP contribution in [0.3, 0.4) is 0 Å². The quantitative estimate of drug-likeness (QED) is 0.724. The Labute approximate surface area is 111 Å². The first-order valence-electron chi connectivity index (χ1n) is 6.22. The van der Waals surface area contributed by atoms with Crippen molar-refractivity contribution in [2.45, 2.75) is 39.3 Å². The van der Waals surface area contributed by atoms with Crippen molar-refractivity contribution in [3.05, 3.63) is 0 Å². The molecule has 0 aliphatic carbocycles. The van der Waals surface area contributed by atoms with Gasteiger partial charge < -0.3 is 14.6 Å². The van der Waals surface area contributed by atoms with Crippen LogP contribution in [0.4, 0.5) is 4.79 Å². The van der Waals surface area contributed by atoms with Crippen molar-refractivity contribution in [1.82, 2.24) is 4.90 Å². The van der Waals surface area contributed by atoms with Crippen molar-refractivity contribution in [1.29, 1.82) is 0 Å². The van der Waals surface area contributed by atoms with Crippen LogP contribution in [0.25, 0.3) is 0 Å². The summed E-state index contributed by atoms with van der Waals surface area (Å²) >= 11 is 0. The summed E-state index contributed by atoms with van der Waals surface area (Å²) in [5.41, 5.74) is 0. The minimum atomic E-state index is -1.56. The van der Waals surface area contributed by atoms with E-state index in [9.17, 15) is 19.5 Å². The topological polar surface area (TPSA) is 93.1 Å². The molecule has 1 aliphatic heterocycles. The van der Waals surface area contributed by atoms with Gasteiger partial charge in [0.15, 0.2) is 6.10 Å². The van der Waals surface area contributed by atoms with Crippen molar-refractivity contribution in [2.24, 2.45) is 5.92 Å². The number of nitrogens with zero attached hydrogens (tertiary/aromatic N) is 1. The van der Waals surface area contributed by atoms with Crippen molar-refractivity contribution in [3.8, 4) is 0 Å². The number of cyclic esters (lactones) is 1. The van der Waals surface area contributed by atoms with Gasteiger partial charge in [0.25, 0.3) is 0 Å². The molecule has 108 valence electrons. The van der Waals surface area contributed by atoms with E-state index in [1.165, 1.54) is 0 Å². The van der Waals surface area contributed by atoms with E-state index in [1.807, 2.05) is 13.8 Å². The molecule has 0 bridgehead atoms. The van der Waals surface area contributed by atoms with Gasteiger partial charge in [-0.1, -0.05) is 13.8 Å². The van der Waals surface area contributed by atoms with Crippen LogP contribution in [-0.4, -0.2) is 53.3 Å². The van der Waals surface area contributed by atoms with E-state index in [0.717, 1.165) is 4.90 Å². The zero-order valence-corrected chi connectivity index (χ0v) is 11.3. The Kier molecular flexibility index (Phi) is 5.29. The Balaban J connectivity index is 2.66. The summed E-state index contributed by atoms with van der Waals surface area (Å²) in [7, 11) is 0. The first kappa shape index (κ1) is 15.4. The van der Waals surface area contributed by atoms with Gasteiger partial charge in [0.2, 0.25) is 5.91 Å². The van der Waals surface area contributed by atoms with Crippen molar-refractivity contribution in [3.63, 3.8) is 0 Å². The highest BCUT2D eigenvalue weighted by Gasteiger charge is 2.40. The van der Waals surface area contributed by atoms with Gasteiger partial charge in [0, 0.05) is 0 Å². The van der Waals surface area contributed by atoms with Crippen LogP contribution in [0.15, 0.2) is 0 Å². The summed E-state index contributed by atoms with van der Waals surface area (Å²) in [6.07, 6.45) is -2.79. The molecule has 1 heterocycles. The second-order valence-corrected chi connectivity index (χ2v) is 4.62. The average Bonchev–Trinajstić information content (AvgIpc) is 2.71. The molecule has 0 aromatic heterocycles. The fourth-order valence-electron chi connectivity index (χ4n) is 1.80.